The highest BCUT2D eigenvalue weighted by Crippen LogP contribution is 2.15. The molecule has 0 N–H and O–H groups in total. The molecule has 2 rings (SSSR count). The Labute approximate surface area is 94.0 Å². The number of nitrogens with zero attached hydrogens (tertiary/aromatic N) is 4. The Bertz CT molecular complexity index is 382. The van der Waals surface area contributed by atoms with Gasteiger partial charge in [-0.05, 0) is 32.9 Å². The van der Waals surface area contributed by atoms with E-state index in [-0.39, 0.29) is 10.6 Å². The lowest BCUT2D eigenvalue weighted by molar-refractivity contribution is -0.385. The first-order valence-electron chi connectivity index (χ1n) is 5.57. The molecule has 16 heavy (non-hydrogen) atoms. The van der Waals surface area contributed by atoms with Gasteiger partial charge in [-0.3, -0.25) is 14.8 Å². The van der Waals surface area contributed by atoms with E-state index in [1.807, 2.05) is 0 Å². The van der Waals surface area contributed by atoms with Crippen molar-refractivity contribution >= 4 is 5.69 Å². The van der Waals surface area contributed by atoms with Crippen LogP contribution in [0.1, 0.15) is 18.5 Å². The zero-order chi connectivity index (χ0) is 11.5. The van der Waals surface area contributed by atoms with Gasteiger partial charge in [-0.25, -0.2) is 0 Å². The third-order valence-corrected chi connectivity index (χ3v) is 2.96. The summed E-state index contributed by atoms with van der Waals surface area (Å²) in [7, 11) is 0. The summed E-state index contributed by atoms with van der Waals surface area (Å²) in [5.41, 5.74) is 0.604. The van der Waals surface area contributed by atoms with Gasteiger partial charge in [-0.15, -0.1) is 0 Å². The summed E-state index contributed by atoms with van der Waals surface area (Å²) in [6.07, 6.45) is 4.04. The monoisotopic (exact) mass is 224 g/mol. The van der Waals surface area contributed by atoms with Crippen LogP contribution < -0.4 is 0 Å². The smallest absolute Gasteiger partial charge is 0.301 e. The summed E-state index contributed by atoms with van der Waals surface area (Å²) >= 11 is 0. The lowest BCUT2D eigenvalue weighted by Gasteiger charge is -2.13. The molecule has 88 valence electrons. The van der Waals surface area contributed by atoms with Gasteiger partial charge < -0.3 is 4.90 Å². The predicted octanol–water partition coefficient (Wildman–Crippen LogP) is 1.20. The van der Waals surface area contributed by atoms with Crippen LogP contribution in [0.15, 0.2) is 6.20 Å². The van der Waals surface area contributed by atoms with Crippen LogP contribution in [0.2, 0.25) is 0 Å². The normalized spacial score (nSPS) is 16.8. The SMILES string of the molecule is Cc1nn(CCN2CCCC2)cc1[N+](=O)[O-]. The first-order chi connectivity index (χ1) is 7.66. The Morgan fingerprint density at radius 3 is 2.69 bits per heavy atom. The molecular formula is C10H16N4O2. The minimum absolute atomic E-state index is 0.112. The van der Waals surface area contributed by atoms with Crippen LogP contribution in [0.3, 0.4) is 0 Å². The van der Waals surface area contributed by atoms with E-state index in [1.54, 1.807) is 11.6 Å². The molecule has 1 aromatic heterocycles. The third-order valence-electron chi connectivity index (χ3n) is 2.96. The van der Waals surface area contributed by atoms with E-state index < -0.39 is 0 Å². The van der Waals surface area contributed by atoms with E-state index in [2.05, 4.69) is 10.00 Å². The number of likely N-dealkylation sites (tertiary alicyclic amines) is 1. The van der Waals surface area contributed by atoms with Gasteiger partial charge in [0.1, 0.15) is 11.9 Å². The lowest BCUT2D eigenvalue weighted by atomic mass is 10.4. The van der Waals surface area contributed by atoms with Crippen molar-refractivity contribution in [1.82, 2.24) is 14.7 Å². The number of hydrogen-bond donors (Lipinski definition) is 0. The number of rotatable bonds is 4. The van der Waals surface area contributed by atoms with E-state index in [0.717, 1.165) is 26.2 Å². The van der Waals surface area contributed by atoms with Crippen LogP contribution in [0, 0.1) is 17.0 Å². The number of hydrogen-bond acceptors (Lipinski definition) is 4. The quantitative estimate of drug-likeness (QED) is 0.569. The number of aryl methyl sites for hydroxylation is 1. The molecule has 1 aromatic rings. The minimum atomic E-state index is -0.380. The Morgan fingerprint density at radius 2 is 2.12 bits per heavy atom. The molecule has 6 heteroatoms. The second kappa shape index (κ2) is 4.61. The molecule has 0 unspecified atom stereocenters. The molecule has 0 saturated carbocycles. The average molecular weight is 224 g/mol. The Kier molecular flexibility index (Phi) is 3.19. The van der Waals surface area contributed by atoms with Gasteiger partial charge in [0, 0.05) is 6.54 Å². The van der Waals surface area contributed by atoms with Crippen LogP contribution >= 0.6 is 0 Å². The highest BCUT2D eigenvalue weighted by Gasteiger charge is 2.16. The average Bonchev–Trinajstić information content (AvgIpc) is 2.83. The largest absolute Gasteiger partial charge is 0.309 e. The molecular weight excluding hydrogens is 208 g/mol. The second-order valence-electron chi connectivity index (χ2n) is 4.17. The fraction of sp³-hybridized carbons (Fsp3) is 0.700. The van der Waals surface area contributed by atoms with Gasteiger partial charge >= 0.3 is 5.69 Å². The maximum Gasteiger partial charge on any atom is 0.309 e. The molecule has 0 amide bonds. The van der Waals surface area contributed by atoms with E-state index in [0.29, 0.717) is 5.69 Å². The molecule has 0 spiro atoms. The molecule has 1 aliphatic heterocycles. The molecule has 0 aliphatic carbocycles. The first kappa shape index (κ1) is 11.1. The third kappa shape index (κ3) is 2.38. The van der Waals surface area contributed by atoms with E-state index in [9.17, 15) is 10.1 Å². The fourth-order valence-electron chi connectivity index (χ4n) is 2.05. The number of nitro groups is 1. The van der Waals surface area contributed by atoms with Crippen LogP contribution in [0.4, 0.5) is 5.69 Å². The van der Waals surface area contributed by atoms with Gasteiger partial charge in [-0.2, -0.15) is 5.10 Å². The van der Waals surface area contributed by atoms with E-state index in [1.165, 1.54) is 19.0 Å². The molecule has 1 aliphatic rings. The highest BCUT2D eigenvalue weighted by atomic mass is 16.6. The van der Waals surface area contributed by atoms with Crippen molar-refractivity contribution in [2.75, 3.05) is 19.6 Å². The van der Waals surface area contributed by atoms with Crippen molar-refractivity contribution in [1.29, 1.82) is 0 Å². The minimum Gasteiger partial charge on any atom is -0.301 e. The molecule has 6 nitrogen and oxygen atoms in total. The van der Waals surface area contributed by atoms with Crippen LogP contribution in [-0.2, 0) is 6.54 Å². The van der Waals surface area contributed by atoms with Crippen LogP contribution in [0.25, 0.3) is 0 Å². The van der Waals surface area contributed by atoms with E-state index in [4.69, 9.17) is 0 Å². The van der Waals surface area contributed by atoms with E-state index >= 15 is 0 Å². The van der Waals surface area contributed by atoms with Gasteiger partial charge in [0.05, 0.1) is 11.5 Å². The molecule has 0 aromatic carbocycles. The zero-order valence-electron chi connectivity index (χ0n) is 9.43. The lowest BCUT2D eigenvalue weighted by Crippen LogP contribution is -2.24. The standard InChI is InChI=1S/C10H16N4O2/c1-9-10(14(15)16)8-13(11-9)7-6-12-4-2-3-5-12/h8H,2-7H2,1H3. The predicted molar refractivity (Wildman–Crippen MR) is 59.3 cm³/mol. The van der Waals surface area contributed by atoms with Crippen molar-refractivity contribution in [2.45, 2.75) is 26.3 Å². The summed E-state index contributed by atoms with van der Waals surface area (Å²) in [4.78, 5) is 12.6. The Hall–Kier alpha value is -1.43. The van der Waals surface area contributed by atoms with Crippen molar-refractivity contribution in [2.24, 2.45) is 0 Å². The highest BCUT2D eigenvalue weighted by molar-refractivity contribution is 5.30. The van der Waals surface area contributed by atoms with Crippen LogP contribution in [0.5, 0.6) is 0 Å². The molecule has 0 atom stereocenters. The Morgan fingerprint density at radius 1 is 1.44 bits per heavy atom. The Balaban J connectivity index is 1.94. The van der Waals surface area contributed by atoms with Crippen molar-refractivity contribution in [3.63, 3.8) is 0 Å². The van der Waals surface area contributed by atoms with Crippen LogP contribution in [-0.4, -0.2) is 39.2 Å². The van der Waals surface area contributed by atoms with Gasteiger partial charge in [0.25, 0.3) is 0 Å². The molecule has 2 heterocycles. The van der Waals surface area contributed by atoms with Crippen molar-refractivity contribution in [3.05, 3.63) is 22.0 Å². The zero-order valence-corrected chi connectivity index (χ0v) is 9.43. The number of aromatic nitrogens is 2. The summed E-state index contributed by atoms with van der Waals surface area (Å²) in [5.74, 6) is 0. The maximum absolute atomic E-state index is 10.6. The summed E-state index contributed by atoms with van der Waals surface area (Å²) in [6.45, 7) is 5.61. The van der Waals surface area contributed by atoms with Crippen molar-refractivity contribution in [3.8, 4) is 0 Å². The second-order valence-corrected chi connectivity index (χ2v) is 4.17. The molecule has 0 bridgehead atoms. The van der Waals surface area contributed by atoms with Gasteiger partial charge in [0.15, 0.2) is 0 Å². The first-order valence-corrected chi connectivity index (χ1v) is 5.57. The van der Waals surface area contributed by atoms with Gasteiger partial charge in [0.2, 0.25) is 0 Å². The summed E-state index contributed by atoms with van der Waals surface area (Å²) in [6, 6.07) is 0. The van der Waals surface area contributed by atoms with Crippen molar-refractivity contribution < 1.29 is 4.92 Å². The fourth-order valence-corrected chi connectivity index (χ4v) is 2.05. The molecule has 0 radical (unpaired) electrons. The molecule has 1 fully saturated rings. The maximum atomic E-state index is 10.6. The molecule has 1 saturated heterocycles. The summed E-state index contributed by atoms with van der Waals surface area (Å²) < 4.78 is 1.67. The van der Waals surface area contributed by atoms with Gasteiger partial charge in [-0.1, -0.05) is 0 Å². The topological polar surface area (TPSA) is 64.2 Å². The summed E-state index contributed by atoms with van der Waals surface area (Å²) in [5, 5.41) is 14.8.